The molecule has 0 unspecified atom stereocenters. The van der Waals surface area contributed by atoms with Crippen LogP contribution in [-0.4, -0.2) is 28.1 Å². The number of carbonyl (C=O) groups is 1. The van der Waals surface area contributed by atoms with Gasteiger partial charge in [0.05, 0.1) is 22.8 Å². The molecular weight excluding hydrogens is 302 g/mol. The number of nitrogens with one attached hydrogen (secondary N) is 1. The standard InChI is InChI=1S/C16H23NO4S/c1-10-13(17-22(19)16(2,3)4)15(18)21-14(10)11-6-8-12(20-5)9-7-11/h6-10,13-14,17H,1-5H3/t10-,13-,14-,22+/m1/s1. The van der Waals surface area contributed by atoms with Crippen LogP contribution in [0.25, 0.3) is 0 Å². The van der Waals surface area contributed by atoms with E-state index in [0.29, 0.717) is 0 Å². The summed E-state index contributed by atoms with van der Waals surface area (Å²) in [5.41, 5.74) is 0.910. The molecule has 4 atom stereocenters. The minimum atomic E-state index is -1.32. The first-order chi connectivity index (χ1) is 10.2. The summed E-state index contributed by atoms with van der Waals surface area (Å²) in [6.07, 6.45) is -0.340. The summed E-state index contributed by atoms with van der Waals surface area (Å²) in [6.45, 7) is 7.52. The molecule has 0 amide bonds. The Balaban J connectivity index is 2.14. The molecule has 0 bridgehead atoms. The third kappa shape index (κ3) is 3.50. The molecule has 0 spiro atoms. The van der Waals surface area contributed by atoms with Crippen LogP contribution in [0.5, 0.6) is 5.75 Å². The lowest BCUT2D eigenvalue weighted by molar-refractivity contribution is -0.142. The summed E-state index contributed by atoms with van der Waals surface area (Å²) in [5.74, 6) is 0.294. The summed E-state index contributed by atoms with van der Waals surface area (Å²) >= 11 is 0. The van der Waals surface area contributed by atoms with E-state index in [0.717, 1.165) is 11.3 Å². The Kier molecular flexibility index (Phi) is 4.92. The molecule has 0 saturated carbocycles. The summed E-state index contributed by atoms with van der Waals surface area (Å²) in [7, 11) is 0.290. The molecule has 1 saturated heterocycles. The summed E-state index contributed by atoms with van der Waals surface area (Å²) < 4.78 is 25.3. The van der Waals surface area contributed by atoms with Gasteiger partial charge in [0.1, 0.15) is 17.9 Å². The molecule has 0 aliphatic carbocycles. The van der Waals surface area contributed by atoms with Crippen LogP contribution < -0.4 is 9.46 Å². The highest BCUT2D eigenvalue weighted by Gasteiger charge is 2.44. The maximum Gasteiger partial charge on any atom is 0.325 e. The molecule has 1 N–H and O–H groups in total. The van der Waals surface area contributed by atoms with Crippen LogP contribution in [0.4, 0.5) is 0 Å². The minimum absolute atomic E-state index is 0.104. The number of rotatable bonds is 4. The lowest BCUT2D eigenvalue weighted by Gasteiger charge is -2.22. The maximum atomic E-state index is 12.2. The third-order valence-corrected chi connectivity index (χ3v) is 5.32. The van der Waals surface area contributed by atoms with Crippen LogP contribution in [-0.2, 0) is 20.5 Å². The van der Waals surface area contributed by atoms with Crippen LogP contribution >= 0.6 is 0 Å². The maximum absolute atomic E-state index is 12.2. The molecule has 0 aromatic heterocycles. The van der Waals surface area contributed by atoms with Gasteiger partial charge in [0.15, 0.2) is 0 Å². The van der Waals surface area contributed by atoms with Gasteiger partial charge in [-0.25, -0.2) is 8.93 Å². The number of hydrogen-bond donors (Lipinski definition) is 1. The largest absolute Gasteiger partial charge is 0.497 e. The van der Waals surface area contributed by atoms with E-state index < -0.39 is 21.8 Å². The zero-order valence-corrected chi connectivity index (χ0v) is 14.4. The SMILES string of the molecule is COc1ccc([C@@H]2OC(=O)[C@H](N[S@@](=O)C(C)(C)C)[C@H]2C)cc1. The predicted octanol–water partition coefficient (Wildman–Crippen LogP) is 2.35. The molecule has 122 valence electrons. The van der Waals surface area contributed by atoms with Crippen molar-refractivity contribution in [1.29, 1.82) is 0 Å². The number of esters is 1. The molecule has 1 aromatic rings. The average molecular weight is 325 g/mol. The number of cyclic esters (lactones) is 1. The normalized spacial score (nSPS) is 26.6. The number of benzene rings is 1. The van der Waals surface area contributed by atoms with Gasteiger partial charge in [-0.15, -0.1) is 0 Å². The number of carbonyl (C=O) groups excluding carboxylic acids is 1. The van der Waals surface area contributed by atoms with E-state index in [1.165, 1.54) is 0 Å². The topological polar surface area (TPSA) is 64.6 Å². The van der Waals surface area contributed by atoms with Crippen molar-refractivity contribution in [3.8, 4) is 5.75 Å². The highest BCUT2D eigenvalue weighted by Crippen LogP contribution is 2.36. The summed E-state index contributed by atoms with van der Waals surface area (Å²) in [5, 5.41) is 0. The molecule has 1 aromatic carbocycles. The highest BCUT2D eigenvalue weighted by molar-refractivity contribution is 7.84. The van der Waals surface area contributed by atoms with Crippen molar-refractivity contribution in [3.63, 3.8) is 0 Å². The van der Waals surface area contributed by atoms with Gasteiger partial charge in [-0.3, -0.25) is 4.79 Å². The van der Waals surface area contributed by atoms with Crippen molar-refractivity contribution >= 4 is 17.0 Å². The van der Waals surface area contributed by atoms with E-state index in [2.05, 4.69) is 4.72 Å². The first-order valence-electron chi connectivity index (χ1n) is 7.26. The van der Waals surface area contributed by atoms with E-state index in [-0.39, 0.29) is 18.0 Å². The summed E-state index contributed by atoms with van der Waals surface area (Å²) in [4.78, 5) is 12.1. The molecule has 6 heteroatoms. The fourth-order valence-corrected chi connectivity index (χ4v) is 3.20. The Morgan fingerprint density at radius 3 is 2.32 bits per heavy atom. The van der Waals surface area contributed by atoms with E-state index in [4.69, 9.17) is 9.47 Å². The van der Waals surface area contributed by atoms with Crippen molar-refractivity contribution in [2.75, 3.05) is 7.11 Å². The fraction of sp³-hybridized carbons (Fsp3) is 0.562. The molecule has 1 aliphatic heterocycles. The Morgan fingerprint density at radius 1 is 1.23 bits per heavy atom. The Morgan fingerprint density at radius 2 is 1.82 bits per heavy atom. The zero-order valence-electron chi connectivity index (χ0n) is 13.6. The van der Waals surface area contributed by atoms with Crippen molar-refractivity contribution in [3.05, 3.63) is 29.8 Å². The molecule has 5 nitrogen and oxygen atoms in total. The van der Waals surface area contributed by atoms with Gasteiger partial charge in [0.2, 0.25) is 0 Å². The minimum Gasteiger partial charge on any atom is -0.497 e. The van der Waals surface area contributed by atoms with E-state index in [1.807, 2.05) is 52.0 Å². The first kappa shape index (κ1) is 17.0. The fourth-order valence-electron chi connectivity index (χ4n) is 2.31. The Labute approximate surface area is 134 Å². The van der Waals surface area contributed by atoms with Gasteiger partial charge >= 0.3 is 5.97 Å². The monoisotopic (exact) mass is 325 g/mol. The third-order valence-electron chi connectivity index (χ3n) is 3.73. The van der Waals surface area contributed by atoms with Crippen LogP contribution in [0.3, 0.4) is 0 Å². The van der Waals surface area contributed by atoms with E-state index in [1.54, 1.807) is 7.11 Å². The van der Waals surface area contributed by atoms with Crippen molar-refractivity contribution in [2.45, 2.75) is 44.6 Å². The molecule has 22 heavy (non-hydrogen) atoms. The summed E-state index contributed by atoms with van der Waals surface area (Å²) in [6, 6.07) is 6.88. The molecule has 2 rings (SSSR count). The molecule has 0 radical (unpaired) electrons. The Hall–Kier alpha value is -1.40. The van der Waals surface area contributed by atoms with E-state index in [9.17, 15) is 9.00 Å². The first-order valence-corrected chi connectivity index (χ1v) is 8.41. The number of methoxy groups -OCH3 is 1. The molecule has 1 fully saturated rings. The van der Waals surface area contributed by atoms with Gasteiger partial charge in [0.25, 0.3) is 0 Å². The second-order valence-electron chi connectivity index (χ2n) is 6.47. The second kappa shape index (κ2) is 6.38. The second-order valence-corrected chi connectivity index (χ2v) is 8.46. The zero-order chi connectivity index (χ0) is 16.5. The van der Waals surface area contributed by atoms with Crippen LogP contribution in [0.15, 0.2) is 24.3 Å². The molecule has 1 aliphatic rings. The number of ether oxygens (including phenoxy) is 2. The van der Waals surface area contributed by atoms with Gasteiger partial charge in [-0.05, 0) is 38.5 Å². The van der Waals surface area contributed by atoms with Crippen LogP contribution in [0.1, 0.15) is 39.4 Å². The predicted molar refractivity (Wildman–Crippen MR) is 85.8 cm³/mol. The van der Waals surface area contributed by atoms with Gasteiger partial charge < -0.3 is 9.47 Å². The van der Waals surface area contributed by atoms with Crippen molar-refractivity contribution in [2.24, 2.45) is 5.92 Å². The van der Waals surface area contributed by atoms with Gasteiger partial charge in [-0.1, -0.05) is 19.1 Å². The lowest BCUT2D eigenvalue weighted by Crippen LogP contribution is -2.44. The van der Waals surface area contributed by atoms with Crippen LogP contribution in [0.2, 0.25) is 0 Å². The quantitative estimate of drug-likeness (QED) is 0.863. The highest BCUT2D eigenvalue weighted by atomic mass is 32.2. The van der Waals surface area contributed by atoms with Crippen LogP contribution in [0, 0.1) is 5.92 Å². The van der Waals surface area contributed by atoms with Crippen molar-refractivity contribution < 1.29 is 18.5 Å². The average Bonchev–Trinajstić information content (AvgIpc) is 2.74. The molecule has 1 heterocycles. The Bertz CT molecular complexity index is 565. The number of hydrogen-bond acceptors (Lipinski definition) is 4. The lowest BCUT2D eigenvalue weighted by atomic mass is 9.94. The molecular formula is C16H23NO4S. The van der Waals surface area contributed by atoms with E-state index >= 15 is 0 Å². The van der Waals surface area contributed by atoms with Gasteiger partial charge in [-0.2, -0.15) is 0 Å². The smallest absolute Gasteiger partial charge is 0.325 e. The van der Waals surface area contributed by atoms with Crippen molar-refractivity contribution in [1.82, 2.24) is 4.72 Å². The van der Waals surface area contributed by atoms with Gasteiger partial charge in [0, 0.05) is 5.92 Å².